The zero-order valence-corrected chi connectivity index (χ0v) is 24.5. The van der Waals surface area contributed by atoms with Gasteiger partial charge in [-0.25, -0.2) is 0 Å². The summed E-state index contributed by atoms with van der Waals surface area (Å²) in [5.41, 5.74) is 3.45. The van der Waals surface area contributed by atoms with Crippen molar-refractivity contribution in [2.24, 2.45) is 13.0 Å². The molecule has 208 valence electrons. The van der Waals surface area contributed by atoms with Gasteiger partial charge in [-0.2, -0.15) is 10.2 Å². The van der Waals surface area contributed by atoms with Gasteiger partial charge < -0.3 is 23.5 Å². The van der Waals surface area contributed by atoms with Gasteiger partial charge in [0.25, 0.3) is 5.56 Å². The van der Waals surface area contributed by atoms with Crippen LogP contribution in [0.25, 0.3) is 16.5 Å². The number of ether oxygens (including phenoxy) is 2. The summed E-state index contributed by atoms with van der Waals surface area (Å²) in [6.07, 6.45) is 7.83. The first-order valence-electron chi connectivity index (χ1n) is 13.8. The molecule has 2 fully saturated rings. The molecule has 3 aromatic rings. The summed E-state index contributed by atoms with van der Waals surface area (Å²) in [7, 11) is 1.70. The number of aryl methyl sites for hydroxylation is 1. The summed E-state index contributed by atoms with van der Waals surface area (Å²) in [6.45, 7) is 6.82. The van der Waals surface area contributed by atoms with Crippen LogP contribution in [0.15, 0.2) is 43.6 Å². The second-order valence-corrected chi connectivity index (χ2v) is 11.9. The van der Waals surface area contributed by atoms with Gasteiger partial charge >= 0.3 is 0 Å². The lowest BCUT2D eigenvalue weighted by atomic mass is 9.92. The largest absolute Gasteiger partial charge is 0.487 e. The molecule has 0 saturated carbocycles. The first-order chi connectivity index (χ1) is 19.3. The molecule has 4 heterocycles. The third-order valence-corrected chi connectivity index (χ3v) is 8.85. The van der Waals surface area contributed by atoms with Crippen LogP contribution in [0.5, 0.6) is 5.75 Å². The molecule has 0 N–H and O–H groups in total. The quantitative estimate of drug-likeness (QED) is 0.376. The van der Waals surface area contributed by atoms with Gasteiger partial charge in [-0.1, -0.05) is 24.2 Å². The van der Waals surface area contributed by atoms with Gasteiger partial charge in [0.2, 0.25) is 11.7 Å². The number of piperidine rings is 1. The highest BCUT2D eigenvalue weighted by molar-refractivity contribution is 9.10. The van der Waals surface area contributed by atoms with Crippen LogP contribution < -0.4 is 15.2 Å². The summed E-state index contributed by atoms with van der Waals surface area (Å²) >= 11 is 3.66. The number of anilines is 1. The standard InChI is InChI=1S/C30H32BrN5O4/c1-17-4-5-18(2)21(12-17)28-33-29(40-34-28)19-6-9-36(10-7-19)27-22-13-24(31)26(39-20-8-11-38-16-20)14-25(22)35(3)30(37)23(27)15-32/h5,12-14,17,19-20H,4,6-11,16H2,1-3H3. The highest BCUT2D eigenvalue weighted by atomic mass is 79.9. The van der Waals surface area contributed by atoms with Crippen molar-refractivity contribution in [3.05, 3.63) is 62.0 Å². The number of hydrogen-bond donors (Lipinski definition) is 0. The number of halogens is 1. The monoisotopic (exact) mass is 605 g/mol. The Labute approximate surface area is 241 Å². The third-order valence-electron chi connectivity index (χ3n) is 8.23. The Morgan fingerprint density at radius 3 is 2.75 bits per heavy atom. The fraction of sp³-hybridized carbons (Fsp3) is 0.467. The number of benzene rings is 1. The maximum absolute atomic E-state index is 13.3. The Balaban J connectivity index is 1.28. The number of nitrogens with zero attached hydrogens (tertiary/aromatic N) is 5. The predicted octanol–water partition coefficient (Wildman–Crippen LogP) is 5.48. The van der Waals surface area contributed by atoms with Crippen molar-refractivity contribution < 1.29 is 14.0 Å². The van der Waals surface area contributed by atoms with Crippen LogP contribution in [0.2, 0.25) is 0 Å². The van der Waals surface area contributed by atoms with E-state index in [1.54, 1.807) is 7.05 Å². The van der Waals surface area contributed by atoms with Crippen LogP contribution in [0, 0.1) is 17.2 Å². The minimum absolute atomic E-state index is 0.0226. The van der Waals surface area contributed by atoms with Gasteiger partial charge in [0.05, 0.1) is 28.9 Å². The molecule has 1 aromatic carbocycles. The van der Waals surface area contributed by atoms with Crippen LogP contribution in [0.1, 0.15) is 62.7 Å². The van der Waals surface area contributed by atoms with Gasteiger partial charge in [0.15, 0.2) is 0 Å². The summed E-state index contributed by atoms with van der Waals surface area (Å²) in [5.74, 6) is 2.52. The van der Waals surface area contributed by atoms with Crippen molar-refractivity contribution in [1.29, 1.82) is 5.26 Å². The lowest BCUT2D eigenvalue weighted by molar-refractivity contribution is 0.141. The van der Waals surface area contributed by atoms with Crippen LogP contribution in [-0.4, -0.2) is 47.1 Å². The Bertz CT molecular complexity index is 1620. The molecule has 0 spiro atoms. The number of hydrogen-bond acceptors (Lipinski definition) is 8. The average Bonchev–Trinajstić information content (AvgIpc) is 3.66. The van der Waals surface area contributed by atoms with Crippen LogP contribution in [0.3, 0.4) is 0 Å². The van der Waals surface area contributed by atoms with E-state index in [2.05, 4.69) is 58.1 Å². The van der Waals surface area contributed by atoms with Crippen molar-refractivity contribution in [2.45, 2.75) is 51.6 Å². The van der Waals surface area contributed by atoms with Gasteiger partial charge in [0, 0.05) is 49.5 Å². The molecule has 2 atom stereocenters. The van der Waals surface area contributed by atoms with Crippen LogP contribution >= 0.6 is 15.9 Å². The Morgan fingerprint density at radius 2 is 2.02 bits per heavy atom. The predicted molar refractivity (Wildman–Crippen MR) is 155 cm³/mol. The van der Waals surface area contributed by atoms with Crippen molar-refractivity contribution >= 4 is 38.1 Å². The molecular weight excluding hydrogens is 574 g/mol. The number of fused-ring (bicyclic) bond motifs is 1. The maximum atomic E-state index is 13.3. The van der Waals surface area contributed by atoms with Gasteiger partial charge in [0.1, 0.15) is 23.5 Å². The van der Waals surface area contributed by atoms with Crippen molar-refractivity contribution in [3.63, 3.8) is 0 Å². The SMILES string of the molecule is CC1=CCC(C)C=C1c1noc(C2CCN(c3c(C#N)c(=O)n(C)c4cc(OC5CCOC5)c(Br)cc34)CC2)n1. The molecule has 0 amide bonds. The molecule has 0 radical (unpaired) electrons. The van der Waals surface area contributed by atoms with E-state index < -0.39 is 0 Å². The molecule has 3 aliphatic rings. The summed E-state index contributed by atoms with van der Waals surface area (Å²) in [6, 6.07) is 6.03. The zero-order valence-electron chi connectivity index (χ0n) is 22.9. The van der Waals surface area contributed by atoms with E-state index in [0.29, 0.717) is 55.4 Å². The maximum Gasteiger partial charge on any atom is 0.270 e. The molecule has 9 nitrogen and oxygen atoms in total. The number of allylic oxidation sites excluding steroid dienone is 4. The normalized spacial score (nSPS) is 21.8. The number of nitriles is 1. The molecule has 2 unspecified atom stereocenters. The molecule has 2 saturated heterocycles. The smallest absolute Gasteiger partial charge is 0.270 e. The first kappa shape index (κ1) is 26.8. The minimum Gasteiger partial charge on any atom is -0.487 e. The first-order valence-corrected chi connectivity index (χ1v) is 14.6. The summed E-state index contributed by atoms with van der Waals surface area (Å²) in [5, 5.41) is 15.2. The molecule has 10 heteroatoms. The van der Waals surface area contributed by atoms with E-state index >= 15 is 0 Å². The second kappa shape index (κ2) is 10.9. The van der Waals surface area contributed by atoms with Crippen LogP contribution in [0.4, 0.5) is 5.69 Å². The molecule has 0 bridgehead atoms. The molecule has 40 heavy (non-hydrogen) atoms. The van der Waals surface area contributed by atoms with E-state index in [-0.39, 0.29) is 23.1 Å². The summed E-state index contributed by atoms with van der Waals surface area (Å²) in [4.78, 5) is 20.2. The van der Waals surface area contributed by atoms with Gasteiger partial charge in [-0.15, -0.1) is 0 Å². The molecule has 2 aliphatic heterocycles. The Morgan fingerprint density at radius 1 is 1.23 bits per heavy atom. The molecule has 2 aromatic heterocycles. The fourth-order valence-corrected chi connectivity index (χ4v) is 6.33. The fourth-order valence-electron chi connectivity index (χ4n) is 5.90. The highest BCUT2D eigenvalue weighted by Crippen LogP contribution is 2.39. The average molecular weight is 607 g/mol. The summed E-state index contributed by atoms with van der Waals surface area (Å²) < 4.78 is 19.7. The minimum atomic E-state index is -0.315. The number of pyridine rings is 1. The highest BCUT2D eigenvalue weighted by Gasteiger charge is 2.30. The lowest BCUT2D eigenvalue weighted by Gasteiger charge is -2.33. The van der Waals surface area contributed by atoms with Crippen molar-refractivity contribution in [2.75, 3.05) is 31.2 Å². The van der Waals surface area contributed by atoms with E-state index in [4.69, 9.17) is 19.0 Å². The topological polar surface area (TPSA) is 106 Å². The zero-order chi connectivity index (χ0) is 28.0. The van der Waals surface area contributed by atoms with Crippen LogP contribution in [-0.2, 0) is 11.8 Å². The van der Waals surface area contributed by atoms with Crippen molar-refractivity contribution in [3.8, 4) is 11.8 Å². The van der Waals surface area contributed by atoms with E-state index in [1.807, 2.05) is 12.1 Å². The molecule has 6 rings (SSSR count). The van der Waals surface area contributed by atoms with Gasteiger partial charge in [-0.05, 0) is 59.7 Å². The molecular formula is C30H32BrN5O4. The third kappa shape index (κ3) is 4.86. The van der Waals surface area contributed by atoms with Gasteiger partial charge in [-0.3, -0.25) is 4.79 Å². The second-order valence-electron chi connectivity index (χ2n) is 11.0. The molecule has 1 aliphatic carbocycles. The lowest BCUT2D eigenvalue weighted by Crippen LogP contribution is -2.36. The van der Waals surface area contributed by atoms with E-state index in [0.717, 1.165) is 46.6 Å². The number of rotatable bonds is 5. The Hall–Kier alpha value is -3.42. The Kier molecular flexibility index (Phi) is 7.27. The van der Waals surface area contributed by atoms with Crippen molar-refractivity contribution in [1.82, 2.24) is 14.7 Å². The number of aromatic nitrogens is 3. The van der Waals surface area contributed by atoms with E-state index in [1.165, 1.54) is 10.1 Å². The van der Waals surface area contributed by atoms with E-state index in [9.17, 15) is 10.1 Å².